The highest BCUT2D eigenvalue weighted by molar-refractivity contribution is 6.31. The van der Waals surface area contributed by atoms with Crippen LogP contribution >= 0.6 is 11.6 Å². The van der Waals surface area contributed by atoms with Gasteiger partial charge in [0.05, 0.1) is 12.0 Å². The molecule has 2 aromatic rings. The van der Waals surface area contributed by atoms with Crippen LogP contribution in [0.5, 0.6) is 0 Å². The number of rotatable bonds is 2. The van der Waals surface area contributed by atoms with E-state index in [0.717, 1.165) is 4.90 Å². The zero-order valence-electron chi connectivity index (χ0n) is 10.2. The van der Waals surface area contributed by atoms with Crippen molar-refractivity contribution in [2.75, 3.05) is 4.90 Å². The third-order valence-electron chi connectivity index (χ3n) is 2.79. The highest BCUT2D eigenvalue weighted by Crippen LogP contribution is 2.23. The Morgan fingerprint density at radius 1 is 1.15 bits per heavy atom. The van der Waals surface area contributed by atoms with Gasteiger partial charge in [0, 0.05) is 11.1 Å². The van der Waals surface area contributed by atoms with Gasteiger partial charge in [-0.3, -0.25) is 4.79 Å². The van der Waals surface area contributed by atoms with E-state index >= 15 is 0 Å². The summed E-state index contributed by atoms with van der Waals surface area (Å²) in [6, 6.07) is 9.33. The van der Waals surface area contributed by atoms with Gasteiger partial charge in [-0.05, 0) is 36.4 Å². The Kier molecular flexibility index (Phi) is 3.04. The third-order valence-corrected chi connectivity index (χ3v) is 3.04. The van der Waals surface area contributed by atoms with Crippen molar-refractivity contribution >= 4 is 35.3 Å². The molecule has 20 heavy (non-hydrogen) atoms. The number of urea groups is 1. The first-order chi connectivity index (χ1) is 9.65. The molecule has 0 aliphatic carbocycles. The lowest BCUT2D eigenvalue weighted by molar-refractivity contribution is -0.113. The number of carbonyl (C=O) groups is 2. The number of anilines is 1. The van der Waals surface area contributed by atoms with Crippen LogP contribution in [0.2, 0.25) is 5.02 Å². The Morgan fingerprint density at radius 3 is 2.55 bits per heavy atom. The van der Waals surface area contributed by atoms with E-state index in [-0.39, 0.29) is 5.70 Å². The minimum Gasteiger partial charge on any atom is -0.465 e. The van der Waals surface area contributed by atoms with Crippen LogP contribution in [-0.2, 0) is 4.79 Å². The number of nitrogens with one attached hydrogen (secondary N) is 1. The molecule has 1 fully saturated rings. The lowest BCUT2D eigenvalue weighted by Gasteiger charge is -2.11. The molecule has 1 aliphatic heterocycles. The minimum absolute atomic E-state index is 0.167. The third kappa shape index (κ3) is 2.19. The highest BCUT2D eigenvalue weighted by atomic mass is 35.5. The summed E-state index contributed by atoms with van der Waals surface area (Å²) in [5.41, 5.74) is 0.625. The van der Waals surface area contributed by atoms with Gasteiger partial charge in [0.2, 0.25) is 0 Å². The fourth-order valence-electron chi connectivity index (χ4n) is 1.88. The van der Waals surface area contributed by atoms with Crippen molar-refractivity contribution in [3.8, 4) is 0 Å². The average Bonchev–Trinajstić information content (AvgIpc) is 3.02. The van der Waals surface area contributed by atoms with Gasteiger partial charge in [-0.25, -0.2) is 9.69 Å². The maximum Gasteiger partial charge on any atom is 0.333 e. The second-order valence-corrected chi connectivity index (χ2v) is 4.56. The van der Waals surface area contributed by atoms with Crippen molar-refractivity contribution in [3.05, 3.63) is 59.1 Å². The largest absolute Gasteiger partial charge is 0.465 e. The van der Waals surface area contributed by atoms with Crippen molar-refractivity contribution < 1.29 is 14.0 Å². The van der Waals surface area contributed by atoms with E-state index in [1.165, 1.54) is 12.3 Å². The lowest BCUT2D eigenvalue weighted by Crippen LogP contribution is -2.30. The Labute approximate surface area is 119 Å². The topological polar surface area (TPSA) is 62.6 Å². The SMILES string of the molecule is O=C1NC(=Cc2ccco2)C(=O)N1c1ccc(Cl)cc1. The smallest absolute Gasteiger partial charge is 0.333 e. The summed E-state index contributed by atoms with van der Waals surface area (Å²) in [6.45, 7) is 0. The van der Waals surface area contributed by atoms with Gasteiger partial charge in [-0.15, -0.1) is 0 Å². The van der Waals surface area contributed by atoms with Gasteiger partial charge in [-0.1, -0.05) is 11.6 Å². The van der Waals surface area contributed by atoms with Crippen molar-refractivity contribution in [3.63, 3.8) is 0 Å². The Hall–Kier alpha value is -2.53. The molecule has 5 nitrogen and oxygen atoms in total. The van der Waals surface area contributed by atoms with Gasteiger partial charge in [-0.2, -0.15) is 0 Å². The number of benzene rings is 1. The minimum atomic E-state index is -0.505. The quantitative estimate of drug-likeness (QED) is 0.682. The second kappa shape index (κ2) is 4.86. The molecule has 1 aromatic carbocycles. The fraction of sp³-hybridized carbons (Fsp3) is 0. The molecule has 0 radical (unpaired) electrons. The second-order valence-electron chi connectivity index (χ2n) is 4.12. The van der Waals surface area contributed by atoms with Crippen LogP contribution in [0.3, 0.4) is 0 Å². The monoisotopic (exact) mass is 288 g/mol. The number of furan rings is 1. The molecular weight excluding hydrogens is 280 g/mol. The predicted molar refractivity (Wildman–Crippen MR) is 74.2 cm³/mol. The van der Waals surface area contributed by atoms with Gasteiger partial charge in [0.15, 0.2) is 0 Å². The normalized spacial score (nSPS) is 16.9. The van der Waals surface area contributed by atoms with Gasteiger partial charge >= 0.3 is 6.03 Å². The summed E-state index contributed by atoms with van der Waals surface area (Å²) in [6.07, 6.45) is 2.97. The molecule has 3 amide bonds. The molecule has 0 atom stereocenters. The maximum absolute atomic E-state index is 12.2. The van der Waals surface area contributed by atoms with Crippen LogP contribution < -0.4 is 10.2 Å². The van der Waals surface area contributed by atoms with Crippen LogP contribution in [0.1, 0.15) is 5.76 Å². The predicted octanol–water partition coefficient (Wildman–Crippen LogP) is 3.03. The maximum atomic E-state index is 12.2. The van der Waals surface area contributed by atoms with E-state index < -0.39 is 11.9 Å². The molecule has 1 N–H and O–H groups in total. The number of hydrogen-bond donors (Lipinski definition) is 1. The van der Waals surface area contributed by atoms with Crippen LogP contribution in [-0.4, -0.2) is 11.9 Å². The van der Waals surface area contributed by atoms with Crippen LogP contribution in [0.4, 0.5) is 10.5 Å². The van der Waals surface area contributed by atoms with Crippen molar-refractivity contribution in [2.24, 2.45) is 0 Å². The summed E-state index contributed by atoms with van der Waals surface area (Å²) in [7, 11) is 0. The van der Waals surface area contributed by atoms with E-state index in [9.17, 15) is 9.59 Å². The summed E-state index contributed by atoms with van der Waals surface area (Å²) >= 11 is 5.79. The summed E-state index contributed by atoms with van der Waals surface area (Å²) < 4.78 is 5.12. The summed E-state index contributed by atoms with van der Waals surface area (Å²) in [5, 5.41) is 3.05. The Bertz CT molecular complexity index is 690. The number of carbonyl (C=O) groups excluding carboxylic acids is 2. The van der Waals surface area contributed by atoms with Crippen LogP contribution in [0.15, 0.2) is 52.8 Å². The zero-order chi connectivity index (χ0) is 14.1. The van der Waals surface area contributed by atoms with E-state index in [1.807, 2.05) is 0 Å². The molecule has 0 bridgehead atoms. The lowest BCUT2D eigenvalue weighted by atomic mass is 10.3. The molecule has 1 aliphatic rings. The first kappa shape index (κ1) is 12.5. The zero-order valence-corrected chi connectivity index (χ0v) is 10.9. The molecule has 0 unspecified atom stereocenters. The molecule has 1 saturated heterocycles. The van der Waals surface area contributed by atoms with E-state index in [2.05, 4.69) is 5.32 Å². The molecule has 2 heterocycles. The first-order valence-corrected chi connectivity index (χ1v) is 6.19. The van der Waals surface area contributed by atoms with Crippen molar-refractivity contribution in [1.82, 2.24) is 5.32 Å². The van der Waals surface area contributed by atoms with E-state index in [0.29, 0.717) is 16.5 Å². The fourth-order valence-corrected chi connectivity index (χ4v) is 2.00. The number of hydrogen-bond acceptors (Lipinski definition) is 3. The van der Waals surface area contributed by atoms with Crippen LogP contribution in [0, 0.1) is 0 Å². The Morgan fingerprint density at radius 2 is 1.90 bits per heavy atom. The van der Waals surface area contributed by atoms with E-state index in [4.69, 9.17) is 16.0 Å². The van der Waals surface area contributed by atoms with E-state index in [1.54, 1.807) is 36.4 Å². The van der Waals surface area contributed by atoms with Gasteiger partial charge < -0.3 is 9.73 Å². The van der Waals surface area contributed by atoms with Crippen molar-refractivity contribution in [2.45, 2.75) is 0 Å². The molecule has 0 saturated carbocycles. The summed E-state index contributed by atoms with van der Waals surface area (Å²) in [4.78, 5) is 25.2. The highest BCUT2D eigenvalue weighted by Gasteiger charge is 2.34. The average molecular weight is 289 g/mol. The summed E-state index contributed by atoms with van der Waals surface area (Å²) in [5.74, 6) is 0.0559. The number of imide groups is 1. The standard InChI is InChI=1S/C14H9ClN2O3/c15-9-3-5-10(6-4-9)17-13(18)12(16-14(17)19)8-11-2-1-7-20-11/h1-8H,(H,16,19). The first-order valence-electron chi connectivity index (χ1n) is 5.81. The number of nitrogens with zero attached hydrogens (tertiary/aromatic N) is 1. The van der Waals surface area contributed by atoms with Gasteiger partial charge in [0.25, 0.3) is 5.91 Å². The molecule has 3 rings (SSSR count). The Balaban J connectivity index is 1.93. The number of amides is 3. The van der Waals surface area contributed by atoms with Gasteiger partial charge in [0.1, 0.15) is 11.5 Å². The molecule has 1 aromatic heterocycles. The molecule has 6 heteroatoms. The molecule has 0 spiro atoms. The molecular formula is C14H9ClN2O3. The van der Waals surface area contributed by atoms with Crippen molar-refractivity contribution in [1.29, 1.82) is 0 Å². The number of halogens is 1. The van der Waals surface area contributed by atoms with Crippen LogP contribution in [0.25, 0.3) is 6.08 Å². The molecule has 100 valence electrons.